The van der Waals surface area contributed by atoms with Crippen LogP contribution in [0.5, 0.6) is 0 Å². The van der Waals surface area contributed by atoms with Crippen LogP contribution in [-0.4, -0.2) is 37.9 Å². The van der Waals surface area contributed by atoms with E-state index in [0.717, 1.165) is 19.3 Å². The van der Waals surface area contributed by atoms with Crippen molar-refractivity contribution in [3.8, 4) is 0 Å². The van der Waals surface area contributed by atoms with Crippen LogP contribution in [0.25, 0.3) is 0 Å². The monoisotopic (exact) mass is 991 g/mol. The van der Waals surface area contributed by atoms with Crippen LogP contribution < -0.4 is 0 Å². The number of carbonyl (C=O) groups is 3. The molecule has 0 radical (unpaired) electrons. The second kappa shape index (κ2) is 58.5. The Bertz CT molecular complexity index is 725. The predicted molar refractivity (Wildman–Crippen MR) is 273 cm³/mol. The van der Waals surface area contributed by atoms with E-state index >= 15 is 0 Å². The molecule has 0 aromatic carbocycles. The first kappa shape index (κ1) is 66.1. The molecule has 0 aromatic rings. The molecule has 0 amide bonds. The molecule has 0 saturated carbocycles. The van der Waals surface area contributed by atoms with Gasteiger partial charge in [0.15, 0.2) is 0 Å². The third-order valence-electron chi connectivity index (χ3n) is 11.5. The summed E-state index contributed by atoms with van der Waals surface area (Å²) in [5.41, 5.74) is 0. The Kier molecular flexibility index (Phi) is 65.5. The van der Waals surface area contributed by atoms with Crippen molar-refractivity contribution in [2.45, 2.75) is 297 Å². The quantitative estimate of drug-likeness (QED) is 0.0346. The predicted octanol–water partition coefficient (Wildman–Crippen LogP) is 17.6. The molecular formula is C52H102O3S3Sn. The maximum atomic E-state index is 10.9. The molecule has 0 aliphatic heterocycles. The maximum absolute atomic E-state index is 10.9. The Morgan fingerprint density at radius 2 is 0.458 bits per heavy atom. The van der Waals surface area contributed by atoms with E-state index in [1.165, 1.54) is 229 Å². The molecule has 350 valence electrons. The molecule has 0 spiro atoms. The fourth-order valence-electron chi connectivity index (χ4n) is 6.87. The summed E-state index contributed by atoms with van der Waals surface area (Å²) in [6.45, 7) is 14.9. The minimum absolute atomic E-state index is 0.0675. The molecule has 0 N–H and O–H groups in total. The summed E-state index contributed by atoms with van der Waals surface area (Å²) in [6, 6.07) is 0. The molecule has 0 fully saturated rings. The summed E-state index contributed by atoms with van der Waals surface area (Å²) >= 11 is 15.6. The van der Waals surface area contributed by atoms with Crippen molar-refractivity contribution in [1.29, 1.82) is 0 Å². The van der Waals surface area contributed by atoms with Crippen molar-refractivity contribution >= 4 is 75.8 Å². The summed E-state index contributed by atoms with van der Waals surface area (Å²) in [5, 5.41) is -0.203. The van der Waals surface area contributed by atoms with Gasteiger partial charge in [-0.3, -0.25) is 0 Å². The van der Waals surface area contributed by atoms with Gasteiger partial charge in [0.05, 0.1) is 0 Å². The van der Waals surface area contributed by atoms with Gasteiger partial charge in [0.1, 0.15) is 0 Å². The average Bonchev–Trinajstić information content (AvgIpc) is 3.21. The first-order valence-electron chi connectivity index (χ1n) is 25.7. The van der Waals surface area contributed by atoms with Crippen LogP contribution in [0.1, 0.15) is 292 Å². The topological polar surface area (TPSA) is 51.2 Å². The van der Waals surface area contributed by atoms with E-state index in [2.05, 4.69) is 65.6 Å². The van der Waals surface area contributed by atoms with Gasteiger partial charge in [-0.15, -0.1) is 0 Å². The molecule has 0 bridgehead atoms. The van der Waals surface area contributed by atoms with Gasteiger partial charge in [-0.1, -0.05) is 253 Å². The Morgan fingerprint density at radius 3 is 0.576 bits per heavy atom. The second-order valence-corrected chi connectivity index (χ2v) is 20.4. The van der Waals surface area contributed by atoms with Gasteiger partial charge in [0.2, 0.25) is 0 Å². The molecular weight excluding hydrogens is 887 g/mol. The summed E-state index contributed by atoms with van der Waals surface area (Å²) < 4.78 is 1.43. The van der Waals surface area contributed by atoms with Crippen LogP contribution in [0, 0.1) is 17.8 Å². The van der Waals surface area contributed by atoms with Crippen LogP contribution in [0.2, 0.25) is 4.44 Å². The summed E-state index contributed by atoms with van der Waals surface area (Å²) in [4.78, 5) is 32.6. The van der Waals surface area contributed by atoms with Crippen LogP contribution in [0.15, 0.2) is 0 Å². The Morgan fingerprint density at radius 1 is 0.305 bits per heavy atom. The SMILES string of the molecule is CCCCCCCCCCCCCC(C)C(=O)[S-].CCCCCCCCCCCCCC(C)C(=O)[S-].CCCCCCCCCCCCCC(C)C(=O)[S-].CCC[CH2][Sn+3]. The van der Waals surface area contributed by atoms with Gasteiger partial charge in [0, 0.05) is 15.3 Å². The average molecular weight is 990 g/mol. The van der Waals surface area contributed by atoms with Gasteiger partial charge >= 0.3 is 46.7 Å². The molecule has 0 aliphatic carbocycles. The van der Waals surface area contributed by atoms with E-state index in [1.807, 2.05) is 20.8 Å². The third kappa shape index (κ3) is 65.2. The molecule has 3 nitrogen and oxygen atoms in total. The number of carbonyl (C=O) groups excluding carboxylic acids is 3. The molecule has 0 aliphatic rings. The van der Waals surface area contributed by atoms with Gasteiger partial charge in [0.25, 0.3) is 0 Å². The van der Waals surface area contributed by atoms with Gasteiger partial charge in [-0.05, 0) is 37.0 Å². The number of unbranched alkanes of at least 4 members (excludes halogenated alkanes) is 31. The molecule has 0 aromatic heterocycles. The van der Waals surface area contributed by atoms with Gasteiger partial charge in [-0.2, -0.15) is 0 Å². The zero-order valence-corrected chi connectivity index (χ0v) is 46.1. The molecule has 3 atom stereocenters. The summed E-state index contributed by atoms with van der Waals surface area (Å²) in [7, 11) is 0. The molecule has 0 saturated heterocycles. The number of hydrogen-bond acceptors (Lipinski definition) is 6. The van der Waals surface area contributed by atoms with Crippen molar-refractivity contribution in [3.05, 3.63) is 0 Å². The number of hydrogen-bond donors (Lipinski definition) is 0. The Balaban J connectivity index is -0.000000362. The van der Waals surface area contributed by atoms with Gasteiger partial charge < -0.3 is 52.3 Å². The standard InChI is InChI=1S/3C16H32OS.C4H9.Sn/c3*1-3-4-5-6-7-8-9-10-11-12-13-14-15(2)16(17)18;1-3-4-2;/h3*15H,3-14H2,1-2H3,(H,17,18);1,3-4H2,2H3;/q;;;;+3/p-3. The summed E-state index contributed by atoms with van der Waals surface area (Å²) in [5.74, 6) is 0.288. The number of rotatable bonds is 41. The van der Waals surface area contributed by atoms with E-state index in [0.29, 0.717) is 0 Å². The normalized spacial score (nSPS) is 12.2. The van der Waals surface area contributed by atoms with Crippen LogP contribution >= 0.6 is 0 Å². The van der Waals surface area contributed by atoms with Crippen molar-refractivity contribution < 1.29 is 14.4 Å². The van der Waals surface area contributed by atoms with E-state index in [9.17, 15) is 14.4 Å². The Hall–Kier alpha value is 0.469. The Labute approximate surface area is 402 Å². The minimum atomic E-state index is -0.0675. The van der Waals surface area contributed by atoms with E-state index in [-0.39, 0.29) is 33.1 Å². The van der Waals surface area contributed by atoms with Crippen molar-refractivity contribution in [1.82, 2.24) is 0 Å². The van der Waals surface area contributed by atoms with Crippen molar-refractivity contribution in [2.24, 2.45) is 17.8 Å². The first-order chi connectivity index (χ1) is 28.5. The van der Waals surface area contributed by atoms with Gasteiger partial charge in [-0.25, -0.2) is 0 Å². The second-order valence-electron chi connectivity index (χ2n) is 17.7. The van der Waals surface area contributed by atoms with Crippen LogP contribution in [0.4, 0.5) is 0 Å². The first-order valence-corrected chi connectivity index (χ1v) is 29.0. The molecule has 3 unspecified atom stereocenters. The third-order valence-corrected chi connectivity index (χ3v) is 13.7. The molecule has 7 heteroatoms. The zero-order valence-electron chi connectivity index (χ0n) is 40.8. The summed E-state index contributed by atoms with van der Waals surface area (Å²) in [6.07, 6.45) is 50.5. The molecule has 0 heterocycles. The molecule has 0 rings (SSSR count). The zero-order chi connectivity index (χ0) is 45.0. The van der Waals surface area contributed by atoms with Crippen LogP contribution in [0.3, 0.4) is 0 Å². The van der Waals surface area contributed by atoms with E-state index in [1.54, 1.807) is 22.5 Å². The fraction of sp³-hybridized carbons (Fsp3) is 0.942. The van der Waals surface area contributed by atoms with Crippen molar-refractivity contribution in [2.75, 3.05) is 0 Å². The van der Waals surface area contributed by atoms with E-state index in [4.69, 9.17) is 0 Å². The van der Waals surface area contributed by atoms with E-state index < -0.39 is 0 Å². The van der Waals surface area contributed by atoms with Crippen molar-refractivity contribution in [3.63, 3.8) is 0 Å². The van der Waals surface area contributed by atoms with Crippen LogP contribution in [-0.2, 0) is 52.3 Å². The molecule has 59 heavy (non-hydrogen) atoms. The fourth-order valence-corrected chi connectivity index (χ4v) is 8.24.